The third-order valence-corrected chi connectivity index (χ3v) is 1.80. The molecule has 74 valence electrons. The fraction of sp³-hybridized carbons (Fsp3) is 0.778. The molecule has 0 bridgehead atoms. The van der Waals surface area contributed by atoms with E-state index in [1.165, 1.54) is 0 Å². The number of nitrogens with zero attached hydrogens (tertiary/aromatic N) is 2. The molecule has 0 amide bonds. The second-order valence-corrected chi connectivity index (χ2v) is 2.75. The zero-order valence-electron chi connectivity index (χ0n) is 8.41. The van der Waals surface area contributed by atoms with Crippen molar-refractivity contribution in [3.63, 3.8) is 0 Å². The van der Waals surface area contributed by atoms with Gasteiger partial charge in [0.25, 0.3) is 0 Å². The molecule has 4 nitrogen and oxygen atoms in total. The Morgan fingerprint density at radius 3 is 2.62 bits per heavy atom. The molecule has 0 N–H and O–H groups in total. The maximum atomic E-state index is 11.3. The topological polar surface area (TPSA) is 53.3 Å². The normalized spacial score (nSPS) is 12.2. The molecule has 0 aromatic carbocycles. The first-order chi connectivity index (χ1) is 6.17. The minimum Gasteiger partial charge on any atom is -0.465 e. The molecule has 1 unspecified atom stereocenters. The Morgan fingerprint density at radius 2 is 2.23 bits per heavy atom. The third kappa shape index (κ3) is 3.90. The van der Waals surface area contributed by atoms with E-state index in [0.29, 0.717) is 13.0 Å². The van der Waals surface area contributed by atoms with Gasteiger partial charge in [-0.25, -0.2) is 0 Å². The van der Waals surface area contributed by atoms with E-state index in [9.17, 15) is 4.79 Å². The second kappa shape index (κ2) is 6.44. The van der Waals surface area contributed by atoms with Gasteiger partial charge in [-0.2, -0.15) is 5.26 Å². The number of carbonyl (C=O) groups is 1. The Hall–Kier alpha value is -1.08. The lowest BCUT2D eigenvalue weighted by Crippen LogP contribution is -2.39. The van der Waals surface area contributed by atoms with E-state index >= 15 is 0 Å². The van der Waals surface area contributed by atoms with Crippen LogP contribution >= 0.6 is 0 Å². The highest BCUT2D eigenvalue weighted by molar-refractivity contribution is 5.75. The molecule has 0 aromatic heterocycles. The lowest BCUT2D eigenvalue weighted by molar-refractivity contribution is -0.148. The summed E-state index contributed by atoms with van der Waals surface area (Å²) in [5.74, 6) is -0.247. The van der Waals surface area contributed by atoms with Crippen LogP contribution in [0.4, 0.5) is 0 Å². The number of carbonyl (C=O) groups excluding carboxylic acids is 1. The van der Waals surface area contributed by atoms with Crippen LogP contribution in [0.3, 0.4) is 0 Å². The fourth-order valence-electron chi connectivity index (χ4n) is 1.12. The van der Waals surface area contributed by atoms with Crippen molar-refractivity contribution in [3.05, 3.63) is 0 Å². The van der Waals surface area contributed by atoms with Gasteiger partial charge >= 0.3 is 5.97 Å². The van der Waals surface area contributed by atoms with E-state index in [-0.39, 0.29) is 18.6 Å². The first-order valence-electron chi connectivity index (χ1n) is 4.41. The summed E-state index contributed by atoms with van der Waals surface area (Å²) in [5, 5.41) is 8.45. The molecule has 13 heavy (non-hydrogen) atoms. The molecule has 4 heteroatoms. The van der Waals surface area contributed by atoms with Crippen LogP contribution in [0.2, 0.25) is 0 Å². The van der Waals surface area contributed by atoms with Crippen molar-refractivity contribution in [2.75, 3.05) is 20.2 Å². The SMILES string of the molecule is CCOC(=O)C(CC)N(C)CC#N. The Labute approximate surface area is 79.1 Å². The van der Waals surface area contributed by atoms with Gasteiger partial charge < -0.3 is 4.74 Å². The summed E-state index contributed by atoms with van der Waals surface area (Å²) >= 11 is 0. The zero-order valence-corrected chi connectivity index (χ0v) is 8.41. The molecule has 0 rings (SSSR count). The van der Waals surface area contributed by atoms with Crippen LogP contribution in [-0.2, 0) is 9.53 Å². The number of hydrogen-bond acceptors (Lipinski definition) is 4. The van der Waals surface area contributed by atoms with Gasteiger partial charge in [0.1, 0.15) is 6.04 Å². The zero-order chi connectivity index (χ0) is 10.3. The molecule has 0 saturated heterocycles. The van der Waals surface area contributed by atoms with Crippen LogP contribution in [0.15, 0.2) is 0 Å². The lowest BCUT2D eigenvalue weighted by atomic mass is 10.2. The van der Waals surface area contributed by atoms with Gasteiger partial charge in [-0.1, -0.05) is 6.92 Å². The smallest absolute Gasteiger partial charge is 0.323 e. The molecule has 0 spiro atoms. The Morgan fingerprint density at radius 1 is 1.62 bits per heavy atom. The highest BCUT2D eigenvalue weighted by Gasteiger charge is 2.21. The molecule has 0 radical (unpaired) electrons. The van der Waals surface area contributed by atoms with Crippen LogP contribution in [-0.4, -0.2) is 37.1 Å². The van der Waals surface area contributed by atoms with Crippen molar-refractivity contribution in [1.82, 2.24) is 4.90 Å². The summed E-state index contributed by atoms with van der Waals surface area (Å²) in [5.41, 5.74) is 0. The maximum Gasteiger partial charge on any atom is 0.323 e. The van der Waals surface area contributed by atoms with E-state index in [4.69, 9.17) is 10.00 Å². The van der Waals surface area contributed by atoms with E-state index < -0.39 is 0 Å². The van der Waals surface area contributed by atoms with Gasteiger partial charge in [0.15, 0.2) is 0 Å². The highest BCUT2D eigenvalue weighted by atomic mass is 16.5. The summed E-state index contributed by atoms with van der Waals surface area (Å²) in [4.78, 5) is 13.0. The van der Waals surface area contributed by atoms with Gasteiger partial charge in [0.05, 0.1) is 19.2 Å². The molecule has 0 heterocycles. The van der Waals surface area contributed by atoms with Crippen molar-refractivity contribution in [1.29, 1.82) is 5.26 Å². The molecular formula is C9H16N2O2. The molecule has 1 atom stereocenters. The molecule has 0 aliphatic rings. The lowest BCUT2D eigenvalue weighted by Gasteiger charge is -2.22. The van der Waals surface area contributed by atoms with Crippen LogP contribution in [0.5, 0.6) is 0 Å². The van der Waals surface area contributed by atoms with Gasteiger partial charge in [0.2, 0.25) is 0 Å². The number of esters is 1. The summed E-state index contributed by atoms with van der Waals surface area (Å²) < 4.78 is 4.87. The van der Waals surface area contributed by atoms with Crippen LogP contribution < -0.4 is 0 Å². The van der Waals surface area contributed by atoms with E-state index in [1.807, 2.05) is 13.0 Å². The molecule has 0 fully saturated rings. The van der Waals surface area contributed by atoms with Crippen LogP contribution in [0.1, 0.15) is 20.3 Å². The van der Waals surface area contributed by atoms with E-state index in [0.717, 1.165) is 0 Å². The standard InChI is InChI=1S/C9H16N2O2/c1-4-8(9(12)13-5-2)11(3)7-6-10/h8H,4-5,7H2,1-3H3. The average Bonchev–Trinajstić information content (AvgIpc) is 2.06. The van der Waals surface area contributed by atoms with Crippen molar-refractivity contribution < 1.29 is 9.53 Å². The average molecular weight is 184 g/mol. The Balaban J connectivity index is 4.16. The monoisotopic (exact) mass is 184 g/mol. The van der Waals surface area contributed by atoms with Crippen LogP contribution in [0.25, 0.3) is 0 Å². The van der Waals surface area contributed by atoms with Gasteiger partial charge in [-0.3, -0.25) is 9.69 Å². The van der Waals surface area contributed by atoms with Crippen molar-refractivity contribution in [2.45, 2.75) is 26.3 Å². The predicted molar refractivity (Wildman–Crippen MR) is 49.0 cm³/mol. The second-order valence-electron chi connectivity index (χ2n) is 2.75. The van der Waals surface area contributed by atoms with Gasteiger partial charge in [0, 0.05) is 0 Å². The molecular weight excluding hydrogens is 168 g/mol. The minimum absolute atomic E-state index is 0.247. The van der Waals surface area contributed by atoms with Crippen molar-refractivity contribution >= 4 is 5.97 Å². The first kappa shape index (κ1) is 11.9. The van der Waals surface area contributed by atoms with Crippen molar-refractivity contribution in [2.24, 2.45) is 0 Å². The minimum atomic E-state index is -0.292. The summed E-state index contributed by atoms with van der Waals surface area (Å²) in [6.45, 7) is 4.30. The number of likely N-dealkylation sites (N-methyl/N-ethyl adjacent to an activating group) is 1. The maximum absolute atomic E-state index is 11.3. The van der Waals surface area contributed by atoms with Gasteiger partial charge in [-0.15, -0.1) is 0 Å². The Bertz CT molecular complexity index is 198. The largest absolute Gasteiger partial charge is 0.465 e. The summed E-state index contributed by atoms with van der Waals surface area (Å²) in [6.07, 6.45) is 0.664. The molecule has 0 aromatic rings. The van der Waals surface area contributed by atoms with E-state index in [2.05, 4.69) is 0 Å². The molecule has 0 aliphatic carbocycles. The van der Waals surface area contributed by atoms with E-state index in [1.54, 1.807) is 18.9 Å². The predicted octanol–water partition coefficient (Wildman–Crippen LogP) is 0.783. The summed E-state index contributed by atoms with van der Waals surface area (Å²) in [7, 11) is 1.74. The van der Waals surface area contributed by atoms with Crippen LogP contribution in [0, 0.1) is 11.3 Å². The Kier molecular flexibility index (Phi) is 5.90. The quantitative estimate of drug-likeness (QED) is 0.468. The molecule has 0 saturated carbocycles. The summed E-state index contributed by atoms with van der Waals surface area (Å²) in [6, 6.07) is 1.71. The molecule has 0 aliphatic heterocycles. The number of ether oxygens (including phenoxy) is 1. The van der Waals surface area contributed by atoms with Crippen molar-refractivity contribution in [3.8, 4) is 6.07 Å². The third-order valence-electron chi connectivity index (χ3n) is 1.80. The highest BCUT2D eigenvalue weighted by Crippen LogP contribution is 2.03. The number of nitriles is 1. The fourth-order valence-corrected chi connectivity index (χ4v) is 1.12. The first-order valence-corrected chi connectivity index (χ1v) is 4.41. The van der Waals surface area contributed by atoms with Gasteiger partial charge in [-0.05, 0) is 20.4 Å². The number of rotatable bonds is 5. The number of hydrogen-bond donors (Lipinski definition) is 0.